The molecule has 0 radical (unpaired) electrons. The Morgan fingerprint density at radius 2 is 0.852 bits per heavy atom. The van der Waals surface area contributed by atoms with E-state index >= 15 is 0 Å². The lowest BCUT2D eigenvalue weighted by Crippen LogP contribution is -2.00. The van der Waals surface area contributed by atoms with Crippen LogP contribution in [0.3, 0.4) is 0 Å². The first-order valence-electron chi connectivity index (χ1n) is 8.13. The third-order valence-electron chi connectivity index (χ3n) is 3.94. The van der Waals surface area contributed by atoms with Gasteiger partial charge in [-0.1, -0.05) is 60.7 Å². The Hall–Kier alpha value is -1.89. The van der Waals surface area contributed by atoms with E-state index in [1.807, 2.05) is 72.8 Å². The highest BCUT2D eigenvalue weighted by molar-refractivity contribution is 9.14. The molecule has 0 N–H and O–H groups in total. The molecule has 0 bridgehead atoms. The summed E-state index contributed by atoms with van der Waals surface area (Å²) in [5.74, 6) is 1.92. The Bertz CT molecular complexity index is 1020. The highest BCUT2D eigenvalue weighted by Gasteiger charge is 2.14. The average Bonchev–Trinajstić information content (AvgIpc) is 2.72. The second-order valence-corrected chi connectivity index (χ2v) is 8.29. The standard InChI is InChI=1S/C21H12Br3N3/c22-16-11-15(12-17(23)18(16)24)21-26-19(13-7-3-1-4-8-13)25-20(27-21)14-9-5-2-6-10-14/h1-12H. The van der Waals surface area contributed by atoms with Gasteiger partial charge < -0.3 is 0 Å². The zero-order chi connectivity index (χ0) is 18.8. The Kier molecular flexibility index (Phi) is 5.48. The molecule has 0 atom stereocenters. The predicted molar refractivity (Wildman–Crippen MR) is 119 cm³/mol. The lowest BCUT2D eigenvalue weighted by atomic mass is 10.1. The van der Waals surface area contributed by atoms with E-state index in [9.17, 15) is 0 Å². The number of nitrogens with zero attached hydrogens (tertiary/aromatic N) is 3. The van der Waals surface area contributed by atoms with Crippen LogP contribution in [0.2, 0.25) is 0 Å². The van der Waals surface area contributed by atoms with E-state index in [2.05, 4.69) is 47.8 Å². The molecule has 6 heteroatoms. The van der Waals surface area contributed by atoms with E-state index in [4.69, 9.17) is 15.0 Å². The highest BCUT2D eigenvalue weighted by atomic mass is 79.9. The molecule has 0 unspecified atom stereocenters. The average molecular weight is 546 g/mol. The van der Waals surface area contributed by atoms with Crippen LogP contribution in [0.4, 0.5) is 0 Å². The van der Waals surface area contributed by atoms with Gasteiger partial charge in [0.2, 0.25) is 0 Å². The first-order chi connectivity index (χ1) is 13.1. The number of halogens is 3. The van der Waals surface area contributed by atoms with E-state index in [1.165, 1.54) is 0 Å². The van der Waals surface area contributed by atoms with Gasteiger partial charge in [0, 0.05) is 30.1 Å². The summed E-state index contributed by atoms with van der Waals surface area (Å²) in [6.45, 7) is 0. The minimum atomic E-state index is 0.622. The number of benzene rings is 3. The number of rotatable bonds is 3. The molecule has 0 aliphatic carbocycles. The molecule has 0 amide bonds. The molecule has 0 aliphatic heterocycles. The van der Waals surface area contributed by atoms with Crippen LogP contribution in [-0.4, -0.2) is 15.0 Å². The molecule has 3 nitrogen and oxygen atoms in total. The highest BCUT2D eigenvalue weighted by Crippen LogP contribution is 2.35. The van der Waals surface area contributed by atoms with Gasteiger partial charge in [-0.3, -0.25) is 0 Å². The van der Waals surface area contributed by atoms with Crippen molar-refractivity contribution in [1.29, 1.82) is 0 Å². The summed E-state index contributed by atoms with van der Waals surface area (Å²) in [4.78, 5) is 14.2. The molecule has 0 saturated carbocycles. The summed E-state index contributed by atoms with van der Waals surface area (Å²) in [7, 11) is 0. The summed E-state index contributed by atoms with van der Waals surface area (Å²) in [5.41, 5.74) is 2.80. The first-order valence-corrected chi connectivity index (χ1v) is 10.5. The smallest absolute Gasteiger partial charge is 0.164 e. The minimum absolute atomic E-state index is 0.622. The molecular formula is C21H12Br3N3. The van der Waals surface area contributed by atoms with Crippen LogP contribution in [0.1, 0.15) is 0 Å². The second kappa shape index (κ2) is 8.00. The Morgan fingerprint density at radius 3 is 1.26 bits per heavy atom. The lowest BCUT2D eigenvalue weighted by molar-refractivity contribution is 1.07. The maximum atomic E-state index is 4.73. The van der Waals surface area contributed by atoms with Crippen LogP contribution >= 0.6 is 47.8 Å². The molecule has 3 aromatic carbocycles. The van der Waals surface area contributed by atoms with Crippen molar-refractivity contribution in [2.45, 2.75) is 0 Å². The largest absolute Gasteiger partial charge is 0.208 e. The maximum absolute atomic E-state index is 4.73. The van der Waals surface area contributed by atoms with Crippen molar-refractivity contribution < 1.29 is 0 Å². The van der Waals surface area contributed by atoms with Crippen LogP contribution in [-0.2, 0) is 0 Å². The molecule has 4 rings (SSSR count). The molecule has 0 aliphatic rings. The molecule has 27 heavy (non-hydrogen) atoms. The fourth-order valence-corrected chi connectivity index (χ4v) is 4.04. The topological polar surface area (TPSA) is 38.7 Å². The van der Waals surface area contributed by atoms with E-state index in [1.54, 1.807) is 0 Å². The van der Waals surface area contributed by atoms with Crippen molar-refractivity contribution in [2.75, 3.05) is 0 Å². The van der Waals surface area contributed by atoms with Gasteiger partial charge in [0.1, 0.15) is 0 Å². The molecule has 0 fully saturated rings. The molecule has 1 aromatic heterocycles. The van der Waals surface area contributed by atoms with Crippen molar-refractivity contribution in [2.24, 2.45) is 0 Å². The zero-order valence-corrected chi connectivity index (χ0v) is 18.7. The minimum Gasteiger partial charge on any atom is -0.208 e. The normalized spacial score (nSPS) is 10.8. The van der Waals surface area contributed by atoms with Crippen LogP contribution in [0.5, 0.6) is 0 Å². The van der Waals surface area contributed by atoms with Crippen LogP contribution in [0.15, 0.2) is 86.2 Å². The van der Waals surface area contributed by atoms with Crippen molar-refractivity contribution in [3.05, 3.63) is 86.2 Å². The second-order valence-electron chi connectivity index (χ2n) is 5.79. The molecular weight excluding hydrogens is 534 g/mol. The van der Waals surface area contributed by atoms with Gasteiger partial charge >= 0.3 is 0 Å². The number of hydrogen-bond donors (Lipinski definition) is 0. The van der Waals surface area contributed by atoms with E-state index in [-0.39, 0.29) is 0 Å². The Labute approximate surface area is 182 Å². The molecule has 4 aromatic rings. The molecule has 0 spiro atoms. The van der Waals surface area contributed by atoms with Crippen molar-refractivity contribution in [3.63, 3.8) is 0 Å². The molecule has 132 valence electrons. The van der Waals surface area contributed by atoms with Gasteiger partial charge in [-0.15, -0.1) is 0 Å². The van der Waals surface area contributed by atoms with Crippen molar-refractivity contribution >= 4 is 47.8 Å². The van der Waals surface area contributed by atoms with Crippen molar-refractivity contribution in [1.82, 2.24) is 15.0 Å². The van der Waals surface area contributed by atoms with Gasteiger partial charge in [0.05, 0.1) is 0 Å². The van der Waals surface area contributed by atoms with Crippen molar-refractivity contribution in [3.8, 4) is 34.2 Å². The van der Waals surface area contributed by atoms with Gasteiger partial charge in [0.15, 0.2) is 17.5 Å². The van der Waals surface area contributed by atoms with Crippen LogP contribution < -0.4 is 0 Å². The first kappa shape index (κ1) is 18.5. The van der Waals surface area contributed by atoms with E-state index < -0.39 is 0 Å². The van der Waals surface area contributed by atoms with E-state index in [0.29, 0.717) is 17.5 Å². The monoisotopic (exact) mass is 543 g/mol. The Balaban J connectivity index is 1.94. The Morgan fingerprint density at radius 1 is 0.481 bits per heavy atom. The lowest BCUT2D eigenvalue weighted by Gasteiger charge is -2.09. The van der Waals surface area contributed by atoms with Gasteiger partial charge in [-0.05, 0) is 59.9 Å². The predicted octanol–water partition coefficient (Wildman–Crippen LogP) is 7.16. The third kappa shape index (κ3) is 4.03. The van der Waals surface area contributed by atoms with Gasteiger partial charge in [0.25, 0.3) is 0 Å². The van der Waals surface area contributed by atoms with Crippen LogP contribution in [0.25, 0.3) is 34.2 Å². The molecule has 0 saturated heterocycles. The van der Waals surface area contributed by atoms with Crippen LogP contribution in [0, 0.1) is 0 Å². The number of hydrogen-bond acceptors (Lipinski definition) is 3. The van der Waals surface area contributed by atoms with Gasteiger partial charge in [-0.2, -0.15) is 0 Å². The molecule has 1 heterocycles. The summed E-state index contributed by atoms with van der Waals surface area (Å²) < 4.78 is 2.80. The van der Waals surface area contributed by atoms with Gasteiger partial charge in [-0.25, -0.2) is 15.0 Å². The zero-order valence-electron chi connectivity index (χ0n) is 13.9. The fourth-order valence-electron chi connectivity index (χ4n) is 2.62. The van der Waals surface area contributed by atoms with E-state index in [0.717, 1.165) is 30.1 Å². The SMILES string of the molecule is Brc1cc(-c2nc(-c3ccccc3)nc(-c3ccccc3)n2)cc(Br)c1Br. The number of aromatic nitrogens is 3. The third-order valence-corrected chi connectivity index (χ3v) is 7.11. The summed E-state index contributed by atoms with van der Waals surface area (Å²) in [6, 6.07) is 23.9. The summed E-state index contributed by atoms with van der Waals surface area (Å²) in [6.07, 6.45) is 0. The summed E-state index contributed by atoms with van der Waals surface area (Å²) >= 11 is 10.7. The maximum Gasteiger partial charge on any atom is 0.164 e. The fraction of sp³-hybridized carbons (Fsp3) is 0. The summed E-state index contributed by atoms with van der Waals surface area (Å²) in [5, 5.41) is 0. The quantitative estimate of drug-likeness (QED) is 0.256.